The van der Waals surface area contributed by atoms with Crippen LogP contribution in [0.15, 0.2) is 30.3 Å². The van der Waals surface area contributed by atoms with Gasteiger partial charge in [0.15, 0.2) is 0 Å². The van der Waals surface area contributed by atoms with Gasteiger partial charge in [-0.15, -0.1) is 0 Å². The maximum Gasteiger partial charge on any atom is 0.336 e. The molecule has 0 saturated heterocycles. The molecule has 0 atom stereocenters. The van der Waals surface area contributed by atoms with Gasteiger partial charge in [0, 0.05) is 11.1 Å². The fraction of sp³-hybridized carbons (Fsp3) is 0.133. The lowest BCUT2D eigenvalue weighted by Gasteiger charge is -2.13. The van der Waals surface area contributed by atoms with Crippen molar-refractivity contribution < 1.29 is 24.1 Å². The quantitative estimate of drug-likeness (QED) is 0.903. The third-order valence-electron chi connectivity index (χ3n) is 3.13. The highest BCUT2D eigenvalue weighted by Crippen LogP contribution is 2.40. The summed E-state index contributed by atoms with van der Waals surface area (Å²) < 4.78 is 19.1. The van der Waals surface area contributed by atoms with Gasteiger partial charge >= 0.3 is 5.97 Å². The van der Waals surface area contributed by atoms with Crippen molar-refractivity contribution in [1.29, 1.82) is 0 Å². The van der Waals surface area contributed by atoms with E-state index in [4.69, 9.17) is 9.84 Å². The van der Waals surface area contributed by atoms with Crippen LogP contribution >= 0.6 is 0 Å². The minimum absolute atomic E-state index is 0.0263. The van der Waals surface area contributed by atoms with Crippen LogP contribution < -0.4 is 4.74 Å². The number of hydrogen-bond acceptors (Lipinski definition) is 3. The van der Waals surface area contributed by atoms with Crippen LogP contribution in [0.3, 0.4) is 0 Å². The molecule has 0 saturated carbocycles. The molecule has 104 valence electrons. The SMILES string of the molecule is COc1cccc(F)c1-c1ccc(C(=O)O)c(C)c1O. The number of methoxy groups -OCH3 is 1. The lowest BCUT2D eigenvalue weighted by Crippen LogP contribution is -2.01. The van der Waals surface area contributed by atoms with Crippen molar-refractivity contribution in [2.24, 2.45) is 0 Å². The average molecular weight is 276 g/mol. The van der Waals surface area contributed by atoms with E-state index in [1.54, 1.807) is 6.07 Å². The second-order valence-electron chi connectivity index (χ2n) is 4.26. The Morgan fingerprint density at radius 2 is 1.95 bits per heavy atom. The fourth-order valence-electron chi connectivity index (χ4n) is 2.07. The summed E-state index contributed by atoms with van der Waals surface area (Å²) in [6.07, 6.45) is 0. The zero-order valence-electron chi connectivity index (χ0n) is 11.0. The molecule has 2 aromatic carbocycles. The minimum atomic E-state index is -1.15. The van der Waals surface area contributed by atoms with E-state index in [-0.39, 0.29) is 33.8 Å². The average Bonchev–Trinajstić information content (AvgIpc) is 2.41. The second-order valence-corrected chi connectivity index (χ2v) is 4.26. The molecular formula is C15H13FO4. The molecular weight excluding hydrogens is 263 g/mol. The molecule has 0 radical (unpaired) electrons. The molecule has 20 heavy (non-hydrogen) atoms. The van der Waals surface area contributed by atoms with Crippen LogP contribution in [0.2, 0.25) is 0 Å². The number of phenols is 1. The number of carboxylic acid groups (broad SMARTS) is 1. The Morgan fingerprint density at radius 3 is 2.55 bits per heavy atom. The molecule has 0 fully saturated rings. The van der Waals surface area contributed by atoms with Gasteiger partial charge in [-0.1, -0.05) is 6.07 Å². The molecule has 0 aliphatic rings. The van der Waals surface area contributed by atoms with Gasteiger partial charge in [0.2, 0.25) is 0 Å². The molecule has 2 N–H and O–H groups in total. The molecule has 0 aromatic heterocycles. The molecule has 0 heterocycles. The molecule has 0 unspecified atom stereocenters. The van der Waals surface area contributed by atoms with E-state index in [2.05, 4.69) is 0 Å². The van der Waals surface area contributed by atoms with Gasteiger partial charge in [-0.3, -0.25) is 0 Å². The summed E-state index contributed by atoms with van der Waals surface area (Å²) in [5.74, 6) is -1.71. The number of benzene rings is 2. The number of carbonyl (C=O) groups is 1. The second kappa shape index (κ2) is 5.21. The maximum absolute atomic E-state index is 14.0. The van der Waals surface area contributed by atoms with Crippen LogP contribution in [0.25, 0.3) is 11.1 Å². The highest BCUT2D eigenvalue weighted by molar-refractivity contribution is 5.92. The van der Waals surface area contributed by atoms with Crippen molar-refractivity contribution in [2.45, 2.75) is 6.92 Å². The summed E-state index contributed by atoms with van der Waals surface area (Å²) in [6.45, 7) is 1.47. The summed E-state index contributed by atoms with van der Waals surface area (Å²) in [6, 6.07) is 7.01. The molecule has 2 rings (SSSR count). The molecule has 2 aromatic rings. The van der Waals surface area contributed by atoms with Gasteiger partial charge in [0.25, 0.3) is 0 Å². The third kappa shape index (κ3) is 2.18. The largest absolute Gasteiger partial charge is 0.507 e. The first-order chi connectivity index (χ1) is 9.47. The number of halogens is 1. The number of phenolic OH excluding ortho intramolecular Hbond substituents is 1. The molecule has 0 aliphatic heterocycles. The lowest BCUT2D eigenvalue weighted by molar-refractivity contribution is 0.0695. The first-order valence-electron chi connectivity index (χ1n) is 5.86. The van der Waals surface area contributed by atoms with E-state index < -0.39 is 11.8 Å². The van der Waals surface area contributed by atoms with E-state index in [1.165, 1.54) is 38.3 Å². The number of rotatable bonds is 3. The van der Waals surface area contributed by atoms with Crippen LogP contribution in [-0.4, -0.2) is 23.3 Å². The Hall–Kier alpha value is -2.56. The normalized spacial score (nSPS) is 10.3. The summed E-state index contributed by atoms with van der Waals surface area (Å²) in [5.41, 5.74) is 0.455. The first-order valence-corrected chi connectivity index (χ1v) is 5.86. The van der Waals surface area contributed by atoms with Crippen molar-refractivity contribution in [3.05, 3.63) is 47.3 Å². The summed E-state index contributed by atoms with van der Waals surface area (Å²) in [7, 11) is 1.40. The zero-order chi connectivity index (χ0) is 14.9. The molecule has 0 spiro atoms. The molecule has 0 amide bonds. The Kier molecular flexibility index (Phi) is 3.61. The van der Waals surface area contributed by atoms with Crippen molar-refractivity contribution in [2.75, 3.05) is 7.11 Å². The van der Waals surface area contributed by atoms with E-state index in [9.17, 15) is 14.3 Å². The molecule has 0 aliphatic carbocycles. The molecule has 5 heteroatoms. The van der Waals surface area contributed by atoms with Crippen molar-refractivity contribution in [1.82, 2.24) is 0 Å². The van der Waals surface area contributed by atoms with E-state index in [1.807, 2.05) is 0 Å². The van der Waals surface area contributed by atoms with Gasteiger partial charge in [-0.05, 0) is 31.2 Å². The lowest BCUT2D eigenvalue weighted by atomic mass is 9.97. The number of aromatic hydroxyl groups is 1. The van der Waals surface area contributed by atoms with Crippen molar-refractivity contribution >= 4 is 5.97 Å². The van der Waals surface area contributed by atoms with Crippen LogP contribution in [0.5, 0.6) is 11.5 Å². The van der Waals surface area contributed by atoms with E-state index in [0.717, 1.165) is 0 Å². The number of carboxylic acids is 1. The van der Waals surface area contributed by atoms with E-state index in [0.29, 0.717) is 0 Å². The van der Waals surface area contributed by atoms with Crippen molar-refractivity contribution in [3.8, 4) is 22.6 Å². The third-order valence-corrected chi connectivity index (χ3v) is 3.13. The predicted molar refractivity (Wildman–Crippen MR) is 71.7 cm³/mol. The highest BCUT2D eigenvalue weighted by atomic mass is 19.1. The Morgan fingerprint density at radius 1 is 1.25 bits per heavy atom. The van der Waals surface area contributed by atoms with Crippen LogP contribution in [0, 0.1) is 12.7 Å². The van der Waals surface area contributed by atoms with Crippen LogP contribution in [0.4, 0.5) is 4.39 Å². The number of hydrogen-bond donors (Lipinski definition) is 2. The van der Waals surface area contributed by atoms with Crippen LogP contribution in [0.1, 0.15) is 15.9 Å². The van der Waals surface area contributed by atoms with Gasteiger partial charge in [-0.2, -0.15) is 0 Å². The van der Waals surface area contributed by atoms with Gasteiger partial charge in [-0.25, -0.2) is 9.18 Å². The zero-order valence-corrected chi connectivity index (χ0v) is 11.0. The van der Waals surface area contributed by atoms with Crippen LogP contribution in [-0.2, 0) is 0 Å². The van der Waals surface area contributed by atoms with Gasteiger partial charge in [0.05, 0.1) is 18.2 Å². The smallest absolute Gasteiger partial charge is 0.336 e. The minimum Gasteiger partial charge on any atom is -0.507 e. The number of ether oxygens (including phenoxy) is 1. The molecule has 0 bridgehead atoms. The maximum atomic E-state index is 14.0. The summed E-state index contributed by atoms with van der Waals surface area (Å²) in [4.78, 5) is 11.0. The molecule has 4 nitrogen and oxygen atoms in total. The fourth-order valence-corrected chi connectivity index (χ4v) is 2.07. The predicted octanol–water partition coefficient (Wildman–Crippen LogP) is 3.21. The topological polar surface area (TPSA) is 66.8 Å². The monoisotopic (exact) mass is 276 g/mol. The Balaban J connectivity index is 2.72. The van der Waals surface area contributed by atoms with Gasteiger partial charge in [0.1, 0.15) is 17.3 Å². The Labute approximate surface area is 115 Å². The van der Waals surface area contributed by atoms with Gasteiger partial charge < -0.3 is 14.9 Å². The highest BCUT2D eigenvalue weighted by Gasteiger charge is 2.19. The summed E-state index contributed by atoms with van der Waals surface area (Å²) >= 11 is 0. The first kappa shape index (κ1) is 13.9. The Bertz CT molecular complexity index is 680. The standard InChI is InChI=1S/C15H13FO4/c1-8-9(15(18)19)6-7-10(14(8)17)13-11(16)4-3-5-12(13)20-2/h3-7,17H,1-2H3,(H,18,19). The van der Waals surface area contributed by atoms with E-state index >= 15 is 0 Å². The summed E-state index contributed by atoms with van der Waals surface area (Å²) in [5, 5.41) is 19.1. The van der Waals surface area contributed by atoms with Crippen molar-refractivity contribution in [3.63, 3.8) is 0 Å². The number of aromatic carboxylic acids is 1.